The van der Waals surface area contributed by atoms with E-state index >= 15 is 0 Å². The fraction of sp³-hybridized carbons (Fsp3) is 0.0714. The topological polar surface area (TPSA) is 94.3 Å². The van der Waals surface area contributed by atoms with Crippen molar-refractivity contribution in [3.05, 3.63) is 53.3 Å². The zero-order valence-corrected chi connectivity index (χ0v) is 11.6. The second kappa shape index (κ2) is 6.71. The summed E-state index contributed by atoms with van der Waals surface area (Å²) < 4.78 is 5.11. The highest BCUT2D eigenvalue weighted by Gasteiger charge is 2.10. The number of anilines is 1. The molecule has 108 valence electrons. The third-order valence-electron chi connectivity index (χ3n) is 2.50. The Morgan fingerprint density at radius 3 is 2.57 bits per heavy atom. The molecule has 0 saturated carbocycles. The third-order valence-corrected chi connectivity index (χ3v) is 2.80. The molecule has 2 aromatic rings. The van der Waals surface area contributed by atoms with Gasteiger partial charge in [0.25, 0.3) is 11.8 Å². The number of benzene rings is 1. The summed E-state index contributed by atoms with van der Waals surface area (Å²) in [5, 5.41) is 2.82. The molecule has 0 unspecified atom stereocenters. The van der Waals surface area contributed by atoms with E-state index in [1.807, 2.05) is 0 Å². The Morgan fingerprint density at radius 1 is 1.24 bits per heavy atom. The van der Waals surface area contributed by atoms with E-state index in [2.05, 4.69) is 10.3 Å². The lowest BCUT2D eigenvalue weighted by Crippen LogP contribution is -2.20. The molecular formula is C14H12ClN3O3. The average Bonchev–Trinajstić information content (AvgIpc) is 2.47. The van der Waals surface area contributed by atoms with Gasteiger partial charge in [-0.15, -0.1) is 0 Å². The first-order valence-corrected chi connectivity index (χ1v) is 6.37. The summed E-state index contributed by atoms with van der Waals surface area (Å²) in [6.07, 6.45) is 1.50. The predicted octanol–water partition coefficient (Wildman–Crippen LogP) is 1.85. The number of primary amides is 1. The number of rotatable bonds is 5. The van der Waals surface area contributed by atoms with Gasteiger partial charge in [0.05, 0.1) is 5.56 Å². The lowest BCUT2D eigenvalue weighted by Gasteiger charge is -2.08. The quantitative estimate of drug-likeness (QED) is 0.824. The highest BCUT2D eigenvalue weighted by molar-refractivity contribution is 6.33. The molecule has 3 N–H and O–H groups in total. The summed E-state index contributed by atoms with van der Waals surface area (Å²) in [7, 11) is 0. The van der Waals surface area contributed by atoms with E-state index in [0.29, 0.717) is 11.4 Å². The van der Waals surface area contributed by atoms with Crippen LogP contribution < -0.4 is 15.8 Å². The molecule has 6 nitrogen and oxygen atoms in total. The molecule has 7 heteroatoms. The first kappa shape index (κ1) is 14.8. The van der Waals surface area contributed by atoms with Crippen LogP contribution >= 0.6 is 11.6 Å². The number of halogens is 1. The van der Waals surface area contributed by atoms with Gasteiger partial charge < -0.3 is 15.8 Å². The molecule has 0 radical (unpaired) electrons. The zero-order chi connectivity index (χ0) is 15.2. The Morgan fingerprint density at radius 2 is 1.95 bits per heavy atom. The van der Waals surface area contributed by atoms with Crippen molar-refractivity contribution in [3.63, 3.8) is 0 Å². The number of hydrogen-bond donors (Lipinski definition) is 2. The van der Waals surface area contributed by atoms with Crippen molar-refractivity contribution in [3.8, 4) is 5.75 Å². The molecule has 1 aromatic heterocycles. The normalized spacial score (nSPS) is 9.95. The SMILES string of the molecule is NC(=O)COc1ccc(NC(=O)c2cccnc2Cl)cc1. The van der Waals surface area contributed by atoms with Gasteiger partial charge in [0.15, 0.2) is 6.61 Å². The fourth-order valence-electron chi connectivity index (χ4n) is 1.54. The van der Waals surface area contributed by atoms with E-state index in [1.165, 1.54) is 6.20 Å². The molecule has 0 spiro atoms. The Labute approximate surface area is 125 Å². The largest absolute Gasteiger partial charge is 0.484 e. The number of carbonyl (C=O) groups excluding carboxylic acids is 2. The lowest BCUT2D eigenvalue weighted by atomic mass is 10.2. The maximum absolute atomic E-state index is 12.0. The van der Waals surface area contributed by atoms with E-state index in [1.54, 1.807) is 36.4 Å². The summed E-state index contributed by atoms with van der Waals surface area (Å²) in [5.41, 5.74) is 5.82. The van der Waals surface area contributed by atoms with Crippen molar-refractivity contribution in [2.75, 3.05) is 11.9 Å². The molecule has 0 atom stereocenters. The summed E-state index contributed by atoms with van der Waals surface area (Å²) in [5.74, 6) is -0.441. The molecule has 2 rings (SSSR count). The van der Waals surface area contributed by atoms with Crippen molar-refractivity contribution in [2.45, 2.75) is 0 Å². The van der Waals surface area contributed by atoms with Crippen LogP contribution in [-0.2, 0) is 4.79 Å². The van der Waals surface area contributed by atoms with E-state index < -0.39 is 5.91 Å². The summed E-state index contributed by atoms with van der Waals surface area (Å²) >= 11 is 5.85. The predicted molar refractivity (Wildman–Crippen MR) is 78.3 cm³/mol. The smallest absolute Gasteiger partial charge is 0.258 e. The van der Waals surface area contributed by atoms with Crippen molar-refractivity contribution < 1.29 is 14.3 Å². The van der Waals surface area contributed by atoms with Crippen LogP contribution in [0, 0.1) is 0 Å². The zero-order valence-electron chi connectivity index (χ0n) is 10.9. The molecule has 1 heterocycles. The highest BCUT2D eigenvalue weighted by atomic mass is 35.5. The van der Waals surface area contributed by atoms with Gasteiger partial charge >= 0.3 is 0 Å². The van der Waals surface area contributed by atoms with E-state index in [0.717, 1.165) is 0 Å². The summed E-state index contributed by atoms with van der Waals surface area (Å²) in [6.45, 7) is -0.197. The van der Waals surface area contributed by atoms with Gasteiger partial charge in [-0.1, -0.05) is 11.6 Å². The van der Waals surface area contributed by atoms with Crippen molar-refractivity contribution in [2.24, 2.45) is 5.73 Å². The first-order valence-electron chi connectivity index (χ1n) is 5.99. The van der Waals surface area contributed by atoms with Crippen LogP contribution in [-0.4, -0.2) is 23.4 Å². The summed E-state index contributed by atoms with van der Waals surface area (Å²) in [6, 6.07) is 9.71. The van der Waals surface area contributed by atoms with Gasteiger partial charge in [0, 0.05) is 11.9 Å². The molecule has 0 saturated heterocycles. The van der Waals surface area contributed by atoms with Crippen molar-refractivity contribution >= 4 is 29.1 Å². The van der Waals surface area contributed by atoms with E-state index in [4.69, 9.17) is 22.1 Å². The van der Waals surface area contributed by atoms with Crippen LogP contribution in [0.25, 0.3) is 0 Å². The molecule has 0 aliphatic rings. The summed E-state index contributed by atoms with van der Waals surface area (Å²) in [4.78, 5) is 26.4. The Bertz CT molecular complexity index is 659. The van der Waals surface area contributed by atoms with Crippen molar-refractivity contribution in [1.82, 2.24) is 4.98 Å². The van der Waals surface area contributed by atoms with Crippen LogP contribution in [0.4, 0.5) is 5.69 Å². The molecule has 1 aromatic carbocycles. The molecule has 0 aliphatic carbocycles. The van der Waals surface area contributed by atoms with Crippen LogP contribution in [0.1, 0.15) is 10.4 Å². The van der Waals surface area contributed by atoms with Crippen LogP contribution in [0.5, 0.6) is 5.75 Å². The Balaban J connectivity index is 2.02. The van der Waals surface area contributed by atoms with E-state index in [9.17, 15) is 9.59 Å². The van der Waals surface area contributed by atoms with Crippen LogP contribution in [0.2, 0.25) is 5.15 Å². The molecular weight excluding hydrogens is 294 g/mol. The third kappa shape index (κ3) is 4.19. The minimum atomic E-state index is -0.557. The lowest BCUT2D eigenvalue weighted by molar-refractivity contribution is -0.119. The van der Waals surface area contributed by atoms with Crippen LogP contribution in [0.15, 0.2) is 42.6 Å². The number of aromatic nitrogens is 1. The maximum atomic E-state index is 12.0. The van der Waals surface area contributed by atoms with Gasteiger partial charge in [-0.25, -0.2) is 4.98 Å². The molecule has 21 heavy (non-hydrogen) atoms. The van der Waals surface area contributed by atoms with Gasteiger partial charge in [-0.05, 0) is 36.4 Å². The number of nitrogens with zero attached hydrogens (tertiary/aromatic N) is 1. The first-order chi connectivity index (χ1) is 10.1. The highest BCUT2D eigenvalue weighted by Crippen LogP contribution is 2.18. The molecule has 0 aliphatic heterocycles. The number of hydrogen-bond acceptors (Lipinski definition) is 4. The maximum Gasteiger partial charge on any atom is 0.258 e. The fourth-order valence-corrected chi connectivity index (χ4v) is 1.75. The van der Waals surface area contributed by atoms with Gasteiger partial charge in [-0.2, -0.15) is 0 Å². The minimum absolute atomic E-state index is 0.136. The Hall–Kier alpha value is -2.60. The molecule has 0 bridgehead atoms. The van der Waals surface area contributed by atoms with Crippen LogP contribution in [0.3, 0.4) is 0 Å². The second-order valence-corrected chi connectivity index (χ2v) is 4.43. The number of carbonyl (C=O) groups is 2. The van der Waals surface area contributed by atoms with Crippen molar-refractivity contribution in [1.29, 1.82) is 0 Å². The Kier molecular flexibility index (Phi) is 4.73. The number of amides is 2. The van der Waals surface area contributed by atoms with Gasteiger partial charge in [-0.3, -0.25) is 9.59 Å². The monoisotopic (exact) mass is 305 g/mol. The molecule has 0 fully saturated rings. The number of nitrogens with one attached hydrogen (secondary N) is 1. The van der Waals surface area contributed by atoms with Gasteiger partial charge in [0.2, 0.25) is 0 Å². The minimum Gasteiger partial charge on any atom is -0.484 e. The second-order valence-electron chi connectivity index (χ2n) is 4.08. The number of nitrogens with two attached hydrogens (primary N) is 1. The van der Waals surface area contributed by atoms with Gasteiger partial charge in [0.1, 0.15) is 10.9 Å². The van der Waals surface area contributed by atoms with E-state index in [-0.39, 0.29) is 23.2 Å². The number of ether oxygens (including phenoxy) is 1. The average molecular weight is 306 g/mol. The molecule has 2 amide bonds. The number of pyridine rings is 1. The standard InChI is InChI=1S/C14H12ClN3O3/c15-13-11(2-1-7-17-13)14(20)18-9-3-5-10(6-4-9)21-8-12(16)19/h1-7H,8H2,(H2,16,19)(H,18,20).